The Balaban J connectivity index is 1.90. The summed E-state index contributed by atoms with van der Waals surface area (Å²) in [5.74, 6) is 2.32. The molecule has 2 heterocycles. The molecule has 5 nitrogen and oxygen atoms in total. The van der Waals surface area contributed by atoms with Gasteiger partial charge in [-0.25, -0.2) is 9.97 Å². The third-order valence-corrected chi connectivity index (χ3v) is 4.87. The van der Waals surface area contributed by atoms with Gasteiger partial charge in [0.25, 0.3) is 0 Å². The van der Waals surface area contributed by atoms with Crippen LogP contribution < -0.4 is 5.32 Å². The van der Waals surface area contributed by atoms with Gasteiger partial charge in [0.05, 0.1) is 16.8 Å². The van der Waals surface area contributed by atoms with Gasteiger partial charge >= 0.3 is 0 Å². The summed E-state index contributed by atoms with van der Waals surface area (Å²) in [5.41, 5.74) is 1.15. The number of halogens is 1. The number of hydrogen-bond donors (Lipinski definition) is 1. The summed E-state index contributed by atoms with van der Waals surface area (Å²) in [5, 5.41) is 3.34. The lowest BCUT2D eigenvalue weighted by Gasteiger charge is -2.31. The maximum atomic E-state index is 5.91. The van der Waals surface area contributed by atoms with Gasteiger partial charge in [0.2, 0.25) is 0 Å². The maximum absolute atomic E-state index is 5.91. The standard InChI is InChI=1S/C15H23BrN4O/c1-3-17-15-12(16)13(10-5-6-10)18-14(19-15)11-9-20(4-2)7-8-21-11/h10-11H,3-9H2,1-2H3,(H,17,18,19). The second kappa shape index (κ2) is 6.58. The Hall–Kier alpha value is -0.720. The molecular weight excluding hydrogens is 332 g/mol. The van der Waals surface area contributed by atoms with E-state index in [-0.39, 0.29) is 6.10 Å². The quantitative estimate of drug-likeness (QED) is 0.880. The molecule has 0 radical (unpaired) electrons. The highest BCUT2D eigenvalue weighted by Gasteiger charge is 2.31. The van der Waals surface area contributed by atoms with Crippen molar-refractivity contribution < 1.29 is 4.74 Å². The van der Waals surface area contributed by atoms with Gasteiger partial charge in [0.1, 0.15) is 11.9 Å². The van der Waals surface area contributed by atoms with Crippen molar-refractivity contribution in [2.24, 2.45) is 0 Å². The largest absolute Gasteiger partial charge is 0.369 e. The van der Waals surface area contributed by atoms with E-state index in [9.17, 15) is 0 Å². The van der Waals surface area contributed by atoms with Crippen LogP contribution in [0.15, 0.2) is 4.47 Å². The first kappa shape index (κ1) is 15.2. The third kappa shape index (κ3) is 3.38. The van der Waals surface area contributed by atoms with Crippen LogP contribution in [0.25, 0.3) is 0 Å². The van der Waals surface area contributed by atoms with Crippen LogP contribution in [-0.4, -0.2) is 47.7 Å². The Kier molecular flexibility index (Phi) is 4.76. The van der Waals surface area contributed by atoms with Crippen molar-refractivity contribution in [3.05, 3.63) is 16.0 Å². The molecule has 0 aromatic carbocycles. The molecule has 0 amide bonds. The molecule has 0 spiro atoms. The molecule has 1 saturated carbocycles. The number of hydrogen-bond acceptors (Lipinski definition) is 5. The van der Waals surface area contributed by atoms with E-state index in [1.54, 1.807) is 0 Å². The number of rotatable bonds is 5. The van der Waals surface area contributed by atoms with E-state index < -0.39 is 0 Å². The molecule has 1 aromatic rings. The molecule has 1 aliphatic heterocycles. The molecule has 1 unspecified atom stereocenters. The van der Waals surface area contributed by atoms with Crippen LogP contribution >= 0.6 is 15.9 Å². The number of ether oxygens (including phenoxy) is 1. The molecule has 2 aliphatic rings. The second-order valence-corrected chi connectivity index (χ2v) is 6.48. The summed E-state index contributed by atoms with van der Waals surface area (Å²) in [4.78, 5) is 11.9. The summed E-state index contributed by atoms with van der Waals surface area (Å²) in [6, 6.07) is 0. The second-order valence-electron chi connectivity index (χ2n) is 5.69. The number of aromatic nitrogens is 2. The van der Waals surface area contributed by atoms with Crippen LogP contribution in [0, 0.1) is 0 Å². The van der Waals surface area contributed by atoms with Crippen LogP contribution in [0.2, 0.25) is 0 Å². The Bertz CT molecular complexity index is 507. The average Bonchev–Trinajstić information content (AvgIpc) is 3.34. The molecule has 1 aromatic heterocycles. The van der Waals surface area contributed by atoms with Crippen molar-refractivity contribution >= 4 is 21.7 Å². The van der Waals surface area contributed by atoms with Crippen LogP contribution in [0.5, 0.6) is 0 Å². The molecule has 0 bridgehead atoms. The number of anilines is 1. The van der Waals surface area contributed by atoms with Gasteiger partial charge in [-0.15, -0.1) is 0 Å². The van der Waals surface area contributed by atoms with Crippen LogP contribution in [-0.2, 0) is 4.74 Å². The lowest BCUT2D eigenvalue weighted by atomic mass is 10.2. The van der Waals surface area contributed by atoms with Gasteiger partial charge < -0.3 is 10.1 Å². The molecule has 116 valence electrons. The smallest absolute Gasteiger partial charge is 0.161 e. The predicted molar refractivity (Wildman–Crippen MR) is 86.7 cm³/mol. The maximum Gasteiger partial charge on any atom is 0.161 e. The van der Waals surface area contributed by atoms with E-state index in [1.807, 2.05) is 0 Å². The van der Waals surface area contributed by atoms with E-state index >= 15 is 0 Å². The average molecular weight is 355 g/mol. The van der Waals surface area contributed by atoms with Crippen LogP contribution in [0.4, 0.5) is 5.82 Å². The molecule has 2 fully saturated rings. The first-order chi connectivity index (χ1) is 10.2. The zero-order chi connectivity index (χ0) is 14.8. The summed E-state index contributed by atoms with van der Waals surface area (Å²) >= 11 is 3.67. The zero-order valence-electron chi connectivity index (χ0n) is 12.7. The molecular formula is C15H23BrN4O. The Morgan fingerprint density at radius 1 is 1.33 bits per heavy atom. The minimum absolute atomic E-state index is 0.0123. The molecule has 3 rings (SSSR count). The van der Waals surface area contributed by atoms with E-state index in [0.29, 0.717) is 5.92 Å². The molecule has 6 heteroatoms. The number of likely N-dealkylation sites (N-methyl/N-ethyl adjacent to an activating group) is 1. The Labute approximate surface area is 134 Å². The van der Waals surface area contributed by atoms with Gasteiger partial charge in [0.15, 0.2) is 5.82 Å². The SMILES string of the molecule is CCNc1nc(C2CN(CC)CCO2)nc(C2CC2)c1Br. The van der Waals surface area contributed by atoms with Gasteiger partial charge in [-0.2, -0.15) is 0 Å². The summed E-state index contributed by atoms with van der Waals surface area (Å²) in [6.07, 6.45) is 2.45. The third-order valence-electron chi connectivity index (χ3n) is 4.09. The number of nitrogens with zero attached hydrogens (tertiary/aromatic N) is 3. The highest BCUT2D eigenvalue weighted by Crippen LogP contribution is 2.44. The van der Waals surface area contributed by atoms with Crippen LogP contribution in [0.3, 0.4) is 0 Å². The molecule has 1 atom stereocenters. The van der Waals surface area contributed by atoms with E-state index in [1.165, 1.54) is 12.8 Å². The van der Waals surface area contributed by atoms with E-state index in [0.717, 1.165) is 54.6 Å². The minimum Gasteiger partial charge on any atom is -0.369 e. The monoisotopic (exact) mass is 354 g/mol. The molecule has 1 aliphatic carbocycles. The Morgan fingerprint density at radius 2 is 2.14 bits per heavy atom. The number of morpholine rings is 1. The minimum atomic E-state index is -0.0123. The van der Waals surface area contributed by atoms with Gasteiger partial charge in [0, 0.05) is 25.6 Å². The highest BCUT2D eigenvalue weighted by molar-refractivity contribution is 9.10. The normalized spacial score (nSPS) is 23.3. The molecule has 21 heavy (non-hydrogen) atoms. The summed E-state index contributed by atoms with van der Waals surface area (Å²) in [7, 11) is 0. The van der Waals surface area contributed by atoms with Crippen molar-refractivity contribution in [2.45, 2.75) is 38.7 Å². The fourth-order valence-electron chi connectivity index (χ4n) is 2.68. The fourth-order valence-corrected chi connectivity index (χ4v) is 3.33. The molecule has 1 N–H and O–H groups in total. The van der Waals surface area contributed by atoms with Gasteiger partial charge in [-0.1, -0.05) is 6.92 Å². The van der Waals surface area contributed by atoms with Crippen molar-refractivity contribution in [1.29, 1.82) is 0 Å². The van der Waals surface area contributed by atoms with Crippen molar-refractivity contribution in [3.8, 4) is 0 Å². The van der Waals surface area contributed by atoms with Gasteiger partial charge in [-0.3, -0.25) is 4.90 Å². The van der Waals surface area contributed by atoms with Gasteiger partial charge in [-0.05, 0) is 42.2 Å². The lowest BCUT2D eigenvalue weighted by molar-refractivity contribution is -0.0326. The van der Waals surface area contributed by atoms with E-state index in [2.05, 4.69) is 40.0 Å². The molecule has 1 saturated heterocycles. The summed E-state index contributed by atoms with van der Waals surface area (Å²) < 4.78 is 6.94. The fraction of sp³-hybridized carbons (Fsp3) is 0.733. The Morgan fingerprint density at radius 3 is 2.81 bits per heavy atom. The zero-order valence-corrected chi connectivity index (χ0v) is 14.3. The van der Waals surface area contributed by atoms with E-state index in [4.69, 9.17) is 14.7 Å². The van der Waals surface area contributed by atoms with Crippen molar-refractivity contribution in [1.82, 2.24) is 14.9 Å². The predicted octanol–water partition coefficient (Wildman–Crippen LogP) is 2.94. The lowest BCUT2D eigenvalue weighted by Crippen LogP contribution is -2.38. The highest BCUT2D eigenvalue weighted by atomic mass is 79.9. The van der Waals surface area contributed by atoms with Crippen molar-refractivity contribution in [2.75, 3.05) is 38.1 Å². The number of nitrogens with one attached hydrogen (secondary N) is 1. The van der Waals surface area contributed by atoms with Crippen molar-refractivity contribution in [3.63, 3.8) is 0 Å². The van der Waals surface area contributed by atoms with Crippen LogP contribution in [0.1, 0.15) is 50.2 Å². The summed E-state index contributed by atoms with van der Waals surface area (Å²) in [6.45, 7) is 8.81. The topological polar surface area (TPSA) is 50.3 Å². The first-order valence-corrected chi connectivity index (χ1v) is 8.67. The first-order valence-electron chi connectivity index (χ1n) is 7.88.